The third kappa shape index (κ3) is 11.2. The van der Waals surface area contributed by atoms with Crippen molar-refractivity contribution in [3.63, 3.8) is 0 Å². The average molecular weight is 533 g/mol. The van der Waals surface area contributed by atoms with Gasteiger partial charge in [0.25, 0.3) is 0 Å². The van der Waals surface area contributed by atoms with E-state index in [0.29, 0.717) is 0 Å². The molecule has 192 valence electrons. The predicted molar refractivity (Wildman–Crippen MR) is 141 cm³/mol. The Kier molecular flexibility index (Phi) is 15.1. The van der Waals surface area contributed by atoms with Crippen LogP contribution in [0.4, 0.5) is 0 Å². The minimum absolute atomic E-state index is 0. The van der Waals surface area contributed by atoms with Crippen LogP contribution in [0.25, 0.3) is 0 Å². The molecule has 0 bridgehead atoms. The smallest absolute Gasteiger partial charge is 0.872 e. The number of benzene rings is 4. The molecule has 0 aliphatic heterocycles. The summed E-state index contributed by atoms with van der Waals surface area (Å²) in [6, 6.07) is 22.2. The van der Waals surface area contributed by atoms with Gasteiger partial charge in [-0.15, -0.1) is 23.0 Å². The van der Waals surface area contributed by atoms with Crippen LogP contribution in [0, 0.1) is 55.4 Å². The Balaban J connectivity index is 0.000000463. The largest absolute Gasteiger partial charge is 4.00 e. The number of para-hydroxylation sites is 4. The molecular formula is C32H36O4Ti. The van der Waals surface area contributed by atoms with Gasteiger partial charge in [0.1, 0.15) is 0 Å². The molecule has 0 heterocycles. The van der Waals surface area contributed by atoms with Gasteiger partial charge in [0.15, 0.2) is 0 Å². The van der Waals surface area contributed by atoms with Gasteiger partial charge in [-0.3, -0.25) is 0 Å². The summed E-state index contributed by atoms with van der Waals surface area (Å²) >= 11 is 0. The van der Waals surface area contributed by atoms with Gasteiger partial charge < -0.3 is 20.4 Å². The summed E-state index contributed by atoms with van der Waals surface area (Å²) in [7, 11) is 0. The van der Waals surface area contributed by atoms with Crippen molar-refractivity contribution in [1.29, 1.82) is 0 Å². The van der Waals surface area contributed by atoms with E-state index in [0.717, 1.165) is 44.5 Å². The molecule has 0 saturated heterocycles. The van der Waals surface area contributed by atoms with Crippen LogP contribution in [0.15, 0.2) is 72.8 Å². The second kappa shape index (κ2) is 16.5. The van der Waals surface area contributed by atoms with Crippen molar-refractivity contribution in [2.75, 3.05) is 0 Å². The van der Waals surface area contributed by atoms with Gasteiger partial charge in [0, 0.05) is 0 Å². The zero-order valence-corrected chi connectivity index (χ0v) is 24.6. The van der Waals surface area contributed by atoms with Crippen molar-refractivity contribution >= 4 is 0 Å². The fourth-order valence-electron chi connectivity index (χ4n) is 3.20. The van der Waals surface area contributed by atoms with Gasteiger partial charge in [-0.05, 0) is 55.4 Å². The van der Waals surface area contributed by atoms with Gasteiger partial charge in [0.2, 0.25) is 0 Å². The van der Waals surface area contributed by atoms with Crippen LogP contribution in [-0.4, -0.2) is 0 Å². The normalized spacial score (nSPS) is 9.30. The Bertz CT molecular complexity index is 987. The van der Waals surface area contributed by atoms with Crippen molar-refractivity contribution in [3.8, 4) is 23.0 Å². The van der Waals surface area contributed by atoms with E-state index in [1.165, 1.54) is 0 Å². The van der Waals surface area contributed by atoms with Crippen LogP contribution >= 0.6 is 0 Å². The summed E-state index contributed by atoms with van der Waals surface area (Å²) in [4.78, 5) is 0. The van der Waals surface area contributed by atoms with Gasteiger partial charge >= 0.3 is 21.7 Å². The topological polar surface area (TPSA) is 92.2 Å². The van der Waals surface area contributed by atoms with Crippen LogP contribution in [0.1, 0.15) is 44.5 Å². The molecule has 0 aliphatic rings. The van der Waals surface area contributed by atoms with Gasteiger partial charge in [-0.2, -0.15) is 0 Å². The van der Waals surface area contributed by atoms with E-state index in [1.54, 1.807) is 0 Å². The van der Waals surface area contributed by atoms with Gasteiger partial charge in [-0.1, -0.05) is 117 Å². The molecule has 37 heavy (non-hydrogen) atoms. The third-order valence-corrected chi connectivity index (χ3v) is 5.64. The van der Waals surface area contributed by atoms with E-state index in [9.17, 15) is 20.4 Å². The number of aryl methyl sites for hydroxylation is 8. The first-order valence-electron chi connectivity index (χ1n) is 11.8. The molecule has 0 amide bonds. The Labute approximate surface area is 237 Å². The minimum Gasteiger partial charge on any atom is -0.872 e. The maximum Gasteiger partial charge on any atom is 4.00 e. The second-order valence-electron chi connectivity index (χ2n) is 8.88. The van der Waals surface area contributed by atoms with Crippen LogP contribution in [0.3, 0.4) is 0 Å². The molecule has 4 aromatic rings. The maximum atomic E-state index is 11.0. The Morgan fingerprint density at radius 3 is 0.486 bits per heavy atom. The fraction of sp³-hybridized carbons (Fsp3) is 0.250. The third-order valence-electron chi connectivity index (χ3n) is 5.64. The quantitative estimate of drug-likeness (QED) is 0.280. The summed E-state index contributed by atoms with van der Waals surface area (Å²) in [6.45, 7) is 14.6. The molecule has 4 nitrogen and oxygen atoms in total. The number of hydrogen-bond acceptors (Lipinski definition) is 4. The van der Waals surface area contributed by atoms with Crippen LogP contribution < -0.4 is 20.4 Å². The van der Waals surface area contributed by atoms with E-state index in [1.807, 2.05) is 128 Å². The first kappa shape index (κ1) is 33.8. The molecule has 4 aromatic carbocycles. The Morgan fingerprint density at radius 2 is 0.405 bits per heavy atom. The van der Waals surface area contributed by atoms with Crippen molar-refractivity contribution in [2.45, 2.75) is 55.4 Å². The molecule has 4 rings (SSSR count). The van der Waals surface area contributed by atoms with Crippen LogP contribution in [0.5, 0.6) is 23.0 Å². The second-order valence-corrected chi connectivity index (χ2v) is 8.88. The van der Waals surface area contributed by atoms with Gasteiger partial charge in [-0.25, -0.2) is 0 Å². The first-order valence-corrected chi connectivity index (χ1v) is 11.8. The van der Waals surface area contributed by atoms with Crippen molar-refractivity contribution in [3.05, 3.63) is 117 Å². The SMILES string of the molecule is Cc1cccc(C)c1[O-].Cc1cccc(C)c1[O-].Cc1cccc(C)c1[O-].Cc1cccc(C)c1[O-].[Ti+4]. The molecule has 0 radical (unpaired) electrons. The Morgan fingerprint density at radius 1 is 0.297 bits per heavy atom. The van der Waals surface area contributed by atoms with Crippen LogP contribution in [0.2, 0.25) is 0 Å². The maximum absolute atomic E-state index is 11.0. The van der Waals surface area contributed by atoms with E-state index in [2.05, 4.69) is 0 Å². The summed E-state index contributed by atoms with van der Waals surface area (Å²) in [5.41, 5.74) is 6.63. The van der Waals surface area contributed by atoms with Gasteiger partial charge in [0.05, 0.1) is 0 Å². The summed E-state index contributed by atoms with van der Waals surface area (Å²) < 4.78 is 0. The summed E-state index contributed by atoms with van der Waals surface area (Å²) in [5, 5.41) is 43.9. The predicted octanol–water partition coefficient (Wildman–Crippen LogP) is 5.51. The number of rotatable bonds is 0. The molecular weight excluding hydrogens is 496 g/mol. The molecule has 0 N–H and O–H groups in total. The molecule has 0 spiro atoms. The Hall–Kier alpha value is -3.21. The average Bonchev–Trinajstić information content (AvgIpc) is 2.84. The van der Waals surface area contributed by atoms with E-state index in [-0.39, 0.29) is 44.7 Å². The van der Waals surface area contributed by atoms with Crippen molar-refractivity contribution < 1.29 is 42.1 Å². The summed E-state index contributed by atoms with van der Waals surface area (Å²) in [5.74, 6) is 0.657. The number of hydrogen-bond donors (Lipinski definition) is 0. The van der Waals surface area contributed by atoms with E-state index >= 15 is 0 Å². The zero-order valence-electron chi connectivity index (χ0n) is 23.1. The fourth-order valence-corrected chi connectivity index (χ4v) is 3.20. The van der Waals surface area contributed by atoms with Crippen molar-refractivity contribution in [1.82, 2.24) is 0 Å². The zero-order chi connectivity index (χ0) is 27.4. The first-order chi connectivity index (χ1) is 16.9. The molecule has 5 heteroatoms. The summed E-state index contributed by atoms with van der Waals surface area (Å²) in [6.07, 6.45) is 0. The monoisotopic (exact) mass is 532 g/mol. The molecule has 0 aliphatic carbocycles. The molecule has 0 aromatic heterocycles. The standard InChI is InChI=1S/4C8H10O.Ti/c4*1-6-4-3-5-7(2)8(6)9;/h4*3-5,9H,1-2H3;/q;;;;+4/p-4. The van der Waals surface area contributed by atoms with Crippen molar-refractivity contribution in [2.24, 2.45) is 0 Å². The molecule has 0 fully saturated rings. The van der Waals surface area contributed by atoms with E-state index < -0.39 is 0 Å². The van der Waals surface area contributed by atoms with E-state index in [4.69, 9.17) is 0 Å². The van der Waals surface area contributed by atoms with Crippen LogP contribution in [-0.2, 0) is 21.7 Å². The minimum atomic E-state index is 0. The molecule has 0 saturated carbocycles. The molecule has 0 atom stereocenters. The molecule has 0 unspecified atom stereocenters.